The van der Waals surface area contributed by atoms with Crippen molar-refractivity contribution < 1.29 is 19.1 Å². The molecule has 2 fully saturated rings. The fourth-order valence-corrected chi connectivity index (χ4v) is 4.81. The molecule has 0 radical (unpaired) electrons. The van der Waals surface area contributed by atoms with Crippen LogP contribution in [-0.4, -0.2) is 71.4 Å². The van der Waals surface area contributed by atoms with Gasteiger partial charge in [-0.25, -0.2) is 14.8 Å². The molecular weight excluding hydrogens is 508 g/mol. The minimum absolute atomic E-state index is 0.218. The van der Waals surface area contributed by atoms with Gasteiger partial charge in [-0.2, -0.15) is 0 Å². The Labute approximate surface area is 234 Å². The van der Waals surface area contributed by atoms with Crippen LogP contribution >= 0.6 is 0 Å². The van der Waals surface area contributed by atoms with Gasteiger partial charge in [0.05, 0.1) is 18.9 Å². The van der Waals surface area contributed by atoms with E-state index in [1.165, 1.54) is 10.6 Å². The second kappa shape index (κ2) is 11.9. The molecule has 2 aromatic carbocycles. The van der Waals surface area contributed by atoms with Crippen molar-refractivity contribution in [3.63, 3.8) is 0 Å². The van der Waals surface area contributed by atoms with Crippen molar-refractivity contribution in [1.29, 1.82) is 0 Å². The van der Waals surface area contributed by atoms with Crippen LogP contribution in [0.3, 0.4) is 0 Å². The minimum atomic E-state index is -0.611. The smallest absolute Gasteiger partial charge is 0.410 e. The summed E-state index contributed by atoms with van der Waals surface area (Å²) in [7, 11) is 0. The molecule has 0 saturated carbocycles. The number of hydrogen-bond donors (Lipinski definition) is 2. The minimum Gasteiger partial charge on any atom is -0.444 e. The molecule has 3 aromatic rings. The third-order valence-corrected chi connectivity index (χ3v) is 6.79. The molecule has 1 unspecified atom stereocenters. The Hall–Kier alpha value is -4.18. The number of anilines is 4. The molecule has 40 heavy (non-hydrogen) atoms. The molecule has 2 saturated heterocycles. The van der Waals surface area contributed by atoms with Gasteiger partial charge >= 0.3 is 6.09 Å². The van der Waals surface area contributed by atoms with Crippen LogP contribution in [0.15, 0.2) is 60.8 Å². The van der Waals surface area contributed by atoms with Gasteiger partial charge in [-0.15, -0.1) is 0 Å². The van der Waals surface area contributed by atoms with Gasteiger partial charge in [0.15, 0.2) is 0 Å². The van der Waals surface area contributed by atoms with Crippen molar-refractivity contribution >= 4 is 35.0 Å². The number of benzene rings is 2. The first-order chi connectivity index (χ1) is 19.2. The molecule has 5 rings (SSSR count). The molecule has 2 aliphatic heterocycles. The molecule has 0 bridgehead atoms. The predicted octanol–water partition coefficient (Wildman–Crippen LogP) is 5.06. The van der Waals surface area contributed by atoms with Crippen LogP contribution in [0, 0.1) is 0 Å². The van der Waals surface area contributed by atoms with Crippen LogP contribution < -0.4 is 15.5 Å². The zero-order valence-corrected chi connectivity index (χ0v) is 23.2. The maximum atomic E-state index is 13.0. The van der Waals surface area contributed by atoms with Crippen molar-refractivity contribution in [2.75, 3.05) is 48.4 Å². The maximum absolute atomic E-state index is 13.0. The highest BCUT2D eigenvalue weighted by Crippen LogP contribution is 2.25. The van der Waals surface area contributed by atoms with Gasteiger partial charge < -0.3 is 25.0 Å². The van der Waals surface area contributed by atoms with E-state index in [0.29, 0.717) is 24.6 Å². The van der Waals surface area contributed by atoms with E-state index in [2.05, 4.69) is 37.6 Å². The predicted molar refractivity (Wildman–Crippen MR) is 155 cm³/mol. The van der Waals surface area contributed by atoms with Gasteiger partial charge in [-0.05, 0) is 76.1 Å². The lowest BCUT2D eigenvalue weighted by Gasteiger charge is -2.28. The Morgan fingerprint density at radius 2 is 1.65 bits per heavy atom. The number of nitrogens with zero attached hydrogens (tertiary/aromatic N) is 4. The van der Waals surface area contributed by atoms with E-state index in [1.54, 1.807) is 6.20 Å². The van der Waals surface area contributed by atoms with Gasteiger partial charge in [0, 0.05) is 48.5 Å². The normalized spacial score (nSPS) is 17.4. The molecule has 0 aliphatic carbocycles. The van der Waals surface area contributed by atoms with Crippen LogP contribution in [0.2, 0.25) is 0 Å². The summed E-state index contributed by atoms with van der Waals surface area (Å²) in [4.78, 5) is 38.4. The number of carbonyl (C=O) groups is 2. The van der Waals surface area contributed by atoms with Crippen molar-refractivity contribution in [1.82, 2.24) is 14.9 Å². The van der Waals surface area contributed by atoms with E-state index in [9.17, 15) is 9.59 Å². The first-order valence-electron chi connectivity index (χ1n) is 13.7. The molecule has 210 valence electrons. The number of morpholine rings is 1. The molecule has 10 heteroatoms. The Balaban J connectivity index is 1.20. The van der Waals surface area contributed by atoms with Crippen LogP contribution in [0.1, 0.15) is 33.6 Å². The quantitative estimate of drug-likeness (QED) is 0.443. The number of rotatable bonds is 6. The van der Waals surface area contributed by atoms with Crippen molar-refractivity contribution in [2.24, 2.45) is 0 Å². The van der Waals surface area contributed by atoms with Gasteiger partial charge in [0.1, 0.15) is 11.6 Å². The molecule has 1 atom stereocenters. The lowest BCUT2D eigenvalue weighted by atomic mass is 10.1. The van der Waals surface area contributed by atoms with E-state index in [0.717, 1.165) is 49.7 Å². The summed E-state index contributed by atoms with van der Waals surface area (Å²) in [6.07, 6.45) is 2.63. The van der Waals surface area contributed by atoms with Gasteiger partial charge in [-0.3, -0.25) is 9.69 Å². The molecule has 2 N–H and O–H groups in total. The molecule has 10 nitrogen and oxygen atoms in total. The number of hydrogen-bond acceptors (Lipinski definition) is 8. The summed E-state index contributed by atoms with van der Waals surface area (Å²) >= 11 is 0. The average Bonchev–Trinajstić information content (AvgIpc) is 3.45. The van der Waals surface area contributed by atoms with Crippen molar-refractivity contribution in [2.45, 2.75) is 45.3 Å². The largest absolute Gasteiger partial charge is 0.444 e. The summed E-state index contributed by atoms with van der Waals surface area (Å²) in [5.74, 6) is 0.279. The highest BCUT2D eigenvalue weighted by atomic mass is 16.6. The van der Waals surface area contributed by atoms with Crippen LogP contribution in [0.25, 0.3) is 11.3 Å². The van der Waals surface area contributed by atoms with Crippen LogP contribution in [0.4, 0.5) is 27.8 Å². The average molecular weight is 545 g/mol. The zero-order chi connectivity index (χ0) is 28.1. The standard InChI is InChI=1S/C30H36N6O4/c1-30(2,3)40-29(38)36-16-4-5-26(36)27(37)32-22-8-6-21(7-9-22)25-14-15-31-28(34-25)33-23-10-12-24(13-11-23)35-17-19-39-20-18-35/h6-15,26H,4-5,16-20H2,1-3H3,(H,32,37)(H,31,33,34). The topological polar surface area (TPSA) is 109 Å². The number of nitrogens with one attached hydrogen (secondary N) is 2. The fraction of sp³-hybridized carbons (Fsp3) is 0.400. The van der Waals surface area contributed by atoms with Gasteiger partial charge in [0.25, 0.3) is 0 Å². The third kappa shape index (κ3) is 6.87. The van der Waals surface area contributed by atoms with E-state index < -0.39 is 17.7 Å². The highest BCUT2D eigenvalue weighted by molar-refractivity contribution is 5.97. The molecule has 2 aliphatic rings. The monoisotopic (exact) mass is 544 g/mol. The van der Waals surface area contributed by atoms with Crippen LogP contribution in [-0.2, 0) is 14.3 Å². The third-order valence-electron chi connectivity index (χ3n) is 6.79. The fourth-order valence-electron chi connectivity index (χ4n) is 4.81. The first-order valence-corrected chi connectivity index (χ1v) is 13.7. The maximum Gasteiger partial charge on any atom is 0.410 e. The number of amides is 2. The van der Waals surface area contributed by atoms with E-state index in [-0.39, 0.29) is 5.91 Å². The van der Waals surface area contributed by atoms with Gasteiger partial charge in [-0.1, -0.05) is 12.1 Å². The number of ether oxygens (including phenoxy) is 2. The number of aromatic nitrogens is 2. The zero-order valence-electron chi connectivity index (χ0n) is 23.2. The summed E-state index contributed by atoms with van der Waals surface area (Å²) < 4.78 is 10.9. The van der Waals surface area contributed by atoms with Crippen LogP contribution in [0.5, 0.6) is 0 Å². The molecule has 1 aromatic heterocycles. The van der Waals surface area contributed by atoms with Crippen molar-refractivity contribution in [3.05, 3.63) is 60.8 Å². The second-order valence-electron chi connectivity index (χ2n) is 10.9. The van der Waals surface area contributed by atoms with Gasteiger partial charge in [0.2, 0.25) is 11.9 Å². The Morgan fingerprint density at radius 3 is 2.35 bits per heavy atom. The lowest BCUT2D eigenvalue weighted by Crippen LogP contribution is -2.45. The Kier molecular flexibility index (Phi) is 8.16. The molecule has 3 heterocycles. The second-order valence-corrected chi connectivity index (χ2v) is 10.9. The van der Waals surface area contributed by atoms with E-state index >= 15 is 0 Å². The first kappa shape index (κ1) is 27.4. The van der Waals surface area contributed by atoms with E-state index in [4.69, 9.17) is 9.47 Å². The number of carbonyl (C=O) groups excluding carboxylic acids is 2. The molecular formula is C30H36N6O4. The molecule has 0 spiro atoms. The summed E-state index contributed by atoms with van der Waals surface area (Å²) in [6, 6.07) is 17.0. The Bertz CT molecular complexity index is 1320. The Morgan fingerprint density at radius 1 is 0.950 bits per heavy atom. The highest BCUT2D eigenvalue weighted by Gasteiger charge is 2.36. The molecule has 2 amide bonds. The van der Waals surface area contributed by atoms with Crippen molar-refractivity contribution in [3.8, 4) is 11.3 Å². The number of likely N-dealkylation sites (tertiary alicyclic amines) is 1. The lowest BCUT2D eigenvalue weighted by molar-refractivity contribution is -0.120. The van der Waals surface area contributed by atoms with E-state index in [1.807, 2.05) is 63.2 Å². The summed E-state index contributed by atoms with van der Waals surface area (Å²) in [5.41, 5.74) is 3.76. The SMILES string of the molecule is CC(C)(C)OC(=O)N1CCCC1C(=O)Nc1ccc(-c2ccnc(Nc3ccc(N4CCOCC4)cc3)n2)cc1. The summed E-state index contributed by atoms with van der Waals surface area (Å²) in [6.45, 7) is 9.25. The summed E-state index contributed by atoms with van der Waals surface area (Å²) in [5, 5.41) is 6.21.